The molecule has 0 aliphatic carbocycles. The molecule has 0 N–H and O–H groups in total. The highest BCUT2D eigenvalue weighted by atomic mass is 35.5. The van der Waals surface area contributed by atoms with Gasteiger partial charge in [0.2, 0.25) is 0 Å². The zero-order chi connectivity index (χ0) is 21.1. The van der Waals surface area contributed by atoms with Gasteiger partial charge in [-0.2, -0.15) is 0 Å². The molecule has 2 aliphatic heterocycles. The molecule has 158 valence electrons. The second-order valence-corrected chi connectivity index (χ2v) is 8.36. The Morgan fingerprint density at radius 3 is 1.53 bits per heavy atom. The monoisotopic (exact) mass is 448 g/mol. The first-order valence-electron chi connectivity index (χ1n) is 9.94. The highest BCUT2D eigenvalue weighted by molar-refractivity contribution is 6.31. The molecule has 30 heavy (non-hydrogen) atoms. The Morgan fingerprint density at radius 1 is 0.733 bits per heavy atom. The summed E-state index contributed by atoms with van der Waals surface area (Å²) in [5.74, 6) is -1.73. The van der Waals surface area contributed by atoms with Crippen molar-refractivity contribution in [1.29, 1.82) is 0 Å². The minimum atomic E-state index is -1.02. The fourth-order valence-electron chi connectivity index (χ4n) is 4.05. The van der Waals surface area contributed by atoms with E-state index in [0.29, 0.717) is 36.2 Å². The largest absolute Gasteiger partial charge is 0.438 e. The van der Waals surface area contributed by atoms with Crippen molar-refractivity contribution >= 4 is 35.1 Å². The zero-order valence-corrected chi connectivity index (χ0v) is 17.8. The molecule has 2 atom stereocenters. The van der Waals surface area contributed by atoms with Gasteiger partial charge in [0.1, 0.15) is 0 Å². The lowest BCUT2D eigenvalue weighted by molar-refractivity contribution is -0.213. The van der Waals surface area contributed by atoms with Crippen LogP contribution in [0.1, 0.15) is 35.8 Å². The average molecular weight is 449 g/mol. The molecule has 4 rings (SSSR count). The Bertz CT molecular complexity index is 863. The Kier molecular flexibility index (Phi) is 6.58. The molecule has 2 heterocycles. The normalized spacial score (nSPS) is 22.2. The molecule has 2 aromatic carbocycles. The molecule has 2 aliphatic rings. The minimum absolute atomic E-state index is 0.150. The van der Waals surface area contributed by atoms with E-state index < -0.39 is 11.9 Å². The molecule has 0 bridgehead atoms. The number of carbonyl (C=O) groups is 2. The second-order valence-electron chi connectivity index (χ2n) is 7.55. The first-order valence-corrected chi connectivity index (χ1v) is 10.7. The molecule has 2 unspecified atom stereocenters. The van der Waals surface area contributed by atoms with Gasteiger partial charge in [-0.3, -0.25) is 0 Å². The van der Waals surface area contributed by atoms with Crippen molar-refractivity contribution in [2.24, 2.45) is 0 Å². The molecule has 2 aromatic rings. The molecule has 0 amide bonds. The van der Waals surface area contributed by atoms with Crippen LogP contribution >= 0.6 is 23.2 Å². The van der Waals surface area contributed by atoms with E-state index in [2.05, 4.69) is 0 Å². The highest BCUT2D eigenvalue weighted by Crippen LogP contribution is 2.33. The molecule has 0 saturated carbocycles. The molecular formula is C22H22Cl2N2O4. The van der Waals surface area contributed by atoms with Crippen molar-refractivity contribution in [2.45, 2.75) is 24.7 Å². The van der Waals surface area contributed by atoms with Crippen molar-refractivity contribution in [1.82, 2.24) is 10.1 Å². The standard InChI is InChI=1S/C22H22Cl2N2O4/c23-19-7-3-1-5-17(19)15-9-11-25(13-15)29-21(27)22(28)30-26-12-10-16(14-26)18-6-2-4-8-20(18)24/h1-8,15-16H,9-14H2. The molecule has 6 nitrogen and oxygen atoms in total. The predicted octanol–water partition coefficient (Wildman–Crippen LogP) is 4.19. The van der Waals surface area contributed by atoms with E-state index in [-0.39, 0.29) is 11.8 Å². The van der Waals surface area contributed by atoms with Crippen LogP contribution in [-0.2, 0) is 19.3 Å². The van der Waals surface area contributed by atoms with Gasteiger partial charge in [0.25, 0.3) is 0 Å². The summed E-state index contributed by atoms with van der Waals surface area (Å²) in [5, 5.41) is 4.37. The zero-order valence-electron chi connectivity index (χ0n) is 16.3. The summed E-state index contributed by atoms with van der Waals surface area (Å²) in [6.07, 6.45) is 1.58. The van der Waals surface area contributed by atoms with E-state index >= 15 is 0 Å². The van der Waals surface area contributed by atoms with Gasteiger partial charge in [0, 0.05) is 48.1 Å². The van der Waals surface area contributed by atoms with Crippen LogP contribution in [-0.4, -0.2) is 48.2 Å². The van der Waals surface area contributed by atoms with Crippen LogP contribution in [0.2, 0.25) is 10.0 Å². The summed E-state index contributed by atoms with van der Waals surface area (Å²) in [6, 6.07) is 15.2. The maximum atomic E-state index is 12.2. The first kappa shape index (κ1) is 21.1. The van der Waals surface area contributed by atoms with Crippen LogP contribution in [0.3, 0.4) is 0 Å². The SMILES string of the molecule is O=C(ON1CCC(c2ccccc2Cl)C1)C(=O)ON1CCC(c2ccccc2Cl)C1. The Hall–Kier alpha value is -2.12. The number of halogens is 2. The molecule has 0 aromatic heterocycles. The summed E-state index contributed by atoms with van der Waals surface area (Å²) in [6.45, 7) is 2.04. The van der Waals surface area contributed by atoms with Crippen molar-refractivity contribution in [3.63, 3.8) is 0 Å². The minimum Gasteiger partial charge on any atom is -0.359 e. The fourth-order valence-corrected chi connectivity index (χ4v) is 4.63. The van der Waals surface area contributed by atoms with E-state index in [1.165, 1.54) is 10.1 Å². The van der Waals surface area contributed by atoms with Gasteiger partial charge >= 0.3 is 11.9 Å². The lowest BCUT2D eigenvalue weighted by atomic mass is 9.99. The van der Waals surface area contributed by atoms with Gasteiger partial charge < -0.3 is 9.68 Å². The summed E-state index contributed by atoms with van der Waals surface area (Å²) >= 11 is 12.5. The van der Waals surface area contributed by atoms with Gasteiger partial charge in [0.15, 0.2) is 0 Å². The van der Waals surface area contributed by atoms with E-state index in [1.807, 2.05) is 48.5 Å². The van der Waals surface area contributed by atoms with E-state index in [4.69, 9.17) is 32.9 Å². The van der Waals surface area contributed by atoms with Crippen molar-refractivity contribution in [3.05, 3.63) is 69.7 Å². The van der Waals surface area contributed by atoms with Gasteiger partial charge in [-0.1, -0.05) is 59.6 Å². The van der Waals surface area contributed by atoms with Crippen LogP contribution in [0.4, 0.5) is 0 Å². The van der Waals surface area contributed by atoms with Crippen LogP contribution in [0.25, 0.3) is 0 Å². The maximum absolute atomic E-state index is 12.2. The predicted molar refractivity (Wildman–Crippen MR) is 113 cm³/mol. The van der Waals surface area contributed by atoms with E-state index in [0.717, 1.165) is 24.0 Å². The van der Waals surface area contributed by atoms with Gasteiger partial charge in [-0.05, 0) is 36.1 Å². The number of hydrogen-bond donors (Lipinski definition) is 0. The van der Waals surface area contributed by atoms with E-state index in [1.54, 1.807) is 0 Å². The van der Waals surface area contributed by atoms with Crippen LogP contribution in [0.15, 0.2) is 48.5 Å². The maximum Gasteiger partial charge on any atom is 0.438 e. The number of nitrogens with zero attached hydrogens (tertiary/aromatic N) is 2. The molecular weight excluding hydrogens is 427 g/mol. The Labute approximate surface area is 185 Å². The molecule has 8 heteroatoms. The second kappa shape index (κ2) is 9.35. The molecule has 2 fully saturated rings. The third-order valence-electron chi connectivity index (χ3n) is 5.58. The lowest BCUT2D eigenvalue weighted by Gasteiger charge is -2.18. The van der Waals surface area contributed by atoms with Crippen molar-refractivity contribution in [2.75, 3.05) is 26.2 Å². The first-order chi connectivity index (χ1) is 14.5. The smallest absolute Gasteiger partial charge is 0.359 e. The number of benzene rings is 2. The van der Waals surface area contributed by atoms with Gasteiger partial charge in [-0.25, -0.2) is 9.59 Å². The van der Waals surface area contributed by atoms with Gasteiger partial charge in [0.05, 0.1) is 0 Å². The Morgan fingerprint density at radius 2 is 1.13 bits per heavy atom. The number of hydrogen-bond acceptors (Lipinski definition) is 6. The third kappa shape index (κ3) is 4.78. The van der Waals surface area contributed by atoms with E-state index in [9.17, 15) is 9.59 Å². The Balaban J connectivity index is 1.26. The summed E-state index contributed by atoms with van der Waals surface area (Å²) in [5.41, 5.74) is 2.03. The molecule has 0 spiro atoms. The van der Waals surface area contributed by atoms with Crippen molar-refractivity contribution in [3.8, 4) is 0 Å². The number of carbonyl (C=O) groups excluding carboxylic acids is 2. The summed E-state index contributed by atoms with van der Waals surface area (Å²) in [7, 11) is 0. The van der Waals surface area contributed by atoms with Crippen LogP contribution < -0.4 is 0 Å². The highest BCUT2D eigenvalue weighted by Gasteiger charge is 2.33. The van der Waals surface area contributed by atoms with Crippen LogP contribution in [0.5, 0.6) is 0 Å². The number of rotatable bonds is 4. The van der Waals surface area contributed by atoms with Crippen molar-refractivity contribution < 1.29 is 19.3 Å². The van der Waals surface area contributed by atoms with Gasteiger partial charge in [-0.15, -0.1) is 10.1 Å². The lowest BCUT2D eigenvalue weighted by Crippen LogP contribution is -2.34. The quantitative estimate of drug-likeness (QED) is 0.653. The third-order valence-corrected chi connectivity index (χ3v) is 6.27. The average Bonchev–Trinajstić information content (AvgIpc) is 3.38. The van der Waals surface area contributed by atoms with Crippen LogP contribution in [0, 0.1) is 0 Å². The number of hydroxylamine groups is 4. The summed E-state index contributed by atoms with van der Waals surface area (Å²) in [4.78, 5) is 34.8. The molecule has 0 radical (unpaired) electrons. The topological polar surface area (TPSA) is 59.1 Å². The fraction of sp³-hybridized carbons (Fsp3) is 0.364. The summed E-state index contributed by atoms with van der Waals surface area (Å²) < 4.78 is 0. The molecule has 2 saturated heterocycles.